The van der Waals surface area contributed by atoms with Crippen molar-refractivity contribution in [2.75, 3.05) is 11.9 Å². The summed E-state index contributed by atoms with van der Waals surface area (Å²) in [5.74, 6) is -1.62. The van der Waals surface area contributed by atoms with Crippen molar-refractivity contribution >= 4 is 45.0 Å². The minimum absolute atomic E-state index is 0.107. The quantitative estimate of drug-likeness (QED) is 0.398. The lowest BCUT2D eigenvalue weighted by Gasteiger charge is -2.07. The molecule has 144 valence electrons. The second-order valence-corrected chi connectivity index (χ2v) is 7.00. The van der Waals surface area contributed by atoms with Gasteiger partial charge in [-0.1, -0.05) is 18.2 Å². The van der Waals surface area contributed by atoms with Gasteiger partial charge in [-0.2, -0.15) is 0 Å². The van der Waals surface area contributed by atoms with Gasteiger partial charge in [0, 0.05) is 5.39 Å². The molecule has 0 aliphatic rings. The Bertz CT molecular complexity index is 1160. The molecular formula is C20H17NO6S. The zero-order valence-corrected chi connectivity index (χ0v) is 16.3. The molecule has 3 rings (SSSR count). The van der Waals surface area contributed by atoms with Gasteiger partial charge < -0.3 is 14.5 Å². The lowest BCUT2D eigenvalue weighted by molar-refractivity contribution is 0.0527. The Kier molecular flexibility index (Phi) is 5.41. The van der Waals surface area contributed by atoms with Crippen molar-refractivity contribution < 1.29 is 23.5 Å². The Morgan fingerprint density at radius 2 is 1.93 bits per heavy atom. The fraction of sp³-hybridized carbons (Fsp3) is 0.200. The van der Waals surface area contributed by atoms with E-state index in [0.29, 0.717) is 21.4 Å². The topological polar surface area (TPSA) is 103 Å². The van der Waals surface area contributed by atoms with Gasteiger partial charge >= 0.3 is 11.6 Å². The molecule has 0 atom stereocenters. The van der Waals surface area contributed by atoms with Crippen molar-refractivity contribution in [2.24, 2.45) is 0 Å². The van der Waals surface area contributed by atoms with E-state index in [9.17, 15) is 19.2 Å². The van der Waals surface area contributed by atoms with E-state index in [2.05, 4.69) is 5.32 Å². The number of ether oxygens (including phenoxy) is 1. The first-order chi connectivity index (χ1) is 13.3. The van der Waals surface area contributed by atoms with Crippen LogP contribution in [-0.4, -0.2) is 24.3 Å². The van der Waals surface area contributed by atoms with Gasteiger partial charge in [0.1, 0.15) is 16.1 Å². The maximum absolute atomic E-state index is 12.7. The van der Waals surface area contributed by atoms with Gasteiger partial charge in [-0.3, -0.25) is 9.59 Å². The van der Waals surface area contributed by atoms with E-state index in [4.69, 9.17) is 9.15 Å². The minimum atomic E-state index is -0.797. The maximum atomic E-state index is 12.7. The number of ketones is 1. The van der Waals surface area contributed by atoms with Gasteiger partial charge in [-0.15, -0.1) is 11.3 Å². The van der Waals surface area contributed by atoms with Crippen LogP contribution >= 0.6 is 11.3 Å². The lowest BCUT2D eigenvalue weighted by atomic mass is 10.1. The molecule has 0 saturated heterocycles. The van der Waals surface area contributed by atoms with E-state index in [1.807, 2.05) is 0 Å². The van der Waals surface area contributed by atoms with Crippen LogP contribution in [0.5, 0.6) is 0 Å². The van der Waals surface area contributed by atoms with Crippen LogP contribution in [0, 0.1) is 6.92 Å². The number of carbonyl (C=O) groups is 3. The first-order valence-corrected chi connectivity index (χ1v) is 9.30. The number of rotatable bonds is 5. The second kappa shape index (κ2) is 7.77. The van der Waals surface area contributed by atoms with Crippen molar-refractivity contribution in [3.05, 3.63) is 62.3 Å². The molecule has 0 fully saturated rings. The van der Waals surface area contributed by atoms with E-state index in [1.165, 1.54) is 13.0 Å². The summed E-state index contributed by atoms with van der Waals surface area (Å²) in [6.07, 6.45) is 0. The van der Waals surface area contributed by atoms with Gasteiger partial charge in [-0.25, -0.2) is 9.59 Å². The SMILES string of the molecule is CCOC(=O)c1c(NC(=O)c2cc3ccccc3oc2=O)sc(C(C)=O)c1C. The summed E-state index contributed by atoms with van der Waals surface area (Å²) in [5.41, 5.74) is -0.104. The molecule has 3 aromatic rings. The van der Waals surface area contributed by atoms with Gasteiger partial charge in [0.25, 0.3) is 5.91 Å². The Morgan fingerprint density at radius 3 is 2.61 bits per heavy atom. The normalized spacial score (nSPS) is 10.7. The van der Waals surface area contributed by atoms with E-state index in [0.717, 1.165) is 11.3 Å². The number of hydrogen-bond acceptors (Lipinski definition) is 7. The van der Waals surface area contributed by atoms with Crippen LogP contribution in [0.3, 0.4) is 0 Å². The van der Waals surface area contributed by atoms with Crippen LogP contribution in [0.15, 0.2) is 39.5 Å². The van der Waals surface area contributed by atoms with Crippen LogP contribution in [0.2, 0.25) is 0 Å². The second-order valence-electron chi connectivity index (χ2n) is 5.98. The van der Waals surface area contributed by atoms with Crippen LogP contribution < -0.4 is 10.9 Å². The molecule has 1 amide bonds. The molecule has 1 N–H and O–H groups in total. The number of benzene rings is 1. The summed E-state index contributed by atoms with van der Waals surface area (Å²) < 4.78 is 10.2. The molecule has 1 aromatic carbocycles. The number of thiophene rings is 1. The largest absolute Gasteiger partial charge is 0.462 e. The molecule has 0 bridgehead atoms. The molecular weight excluding hydrogens is 382 g/mol. The Hall–Kier alpha value is -3.26. The molecule has 0 aliphatic carbocycles. The van der Waals surface area contributed by atoms with Gasteiger partial charge in [0.15, 0.2) is 5.78 Å². The summed E-state index contributed by atoms with van der Waals surface area (Å²) in [5, 5.41) is 3.29. The number of carbonyl (C=O) groups excluding carboxylic acids is 3. The van der Waals surface area contributed by atoms with Gasteiger partial charge in [0.05, 0.1) is 17.0 Å². The van der Waals surface area contributed by atoms with Gasteiger partial charge in [-0.05, 0) is 38.5 Å². The molecule has 0 unspecified atom stereocenters. The lowest BCUT2D eigenvalue weighted by Crippen LogP contribution is -2.21. The van der Waals surface area contributed by atoms with Gasteiger partial charge in [0.2, 0.25) is 0 Å². The van der Waals surface area contributed by atoms with E-state index < -0.39 is 17.5 Å². The molecule has 0 spiro atoms. The predicted molar refractivity (Wildman–Crippen MR) is 105 cm³/mol. The fourth-order valence-corrected chi connectivity index (χ4v) is 3.86. The van der Waals surface area contributed by atoms with E-state index in [-0.39, 0.29) is 28.5 Å². The third-order valence-corrected chi connectivity index (χ3v) is 5.37. The van der Waals surface area contributed by atoms with Crippen LogP contribution in [-0.2, 0) is 4.74 Å². The highest BCUT2D eigenvalue weighted by Crippen LogP contribution is 2.34. The molecule has 7 nitrogen and oxygen atoms in total. The summed E-state index contributed by atoms with van der Waals surface area (Å²) >= 11 is 0.966. The molecule has 28 heavy (non-hydrogen) atoms. The number of fused-ring (bicyclic) bond motifs is 1. The number of amides is 1. The smallest absolute Gasteiger partial charge is 0.349 e. The van der Waals surface area contributed by atoms with Crippen molar-refractivity contribution in [2.45, 2.75) is 20.8 Å². The standard InChI is InChI=1S/C20H17NO6S/c1-4-26-20(25)15-10(2)16(11(3)22)28-18(15)21-17(23)13-9-12-7-5-6-8-14(12)27-19(13)24/h5-9H,4H2,1-3H3,(H,21,23). The molecule has 8 heteroatoms. The van der Waals surface area contributed by atoms with Crippen molar-refractivity contribution in [1.82, 2.24) is 0 Å². The zero-order chi connectivity index (χ0) is 20.4. The molecule has 2 heterocycles. The first-order valence-electron chi connectivity index (χ1n) is 8.49. The Labute approximate surface area is 163 Å². The number of esters is 1. The summed E-state index contributed by atoms with van der Waals surface area (Å²) in [4.78, 5) is 49.4. The zero-order valence-electron chi connectivity index (χ0n) is 15.5. The summed E-state index contributed by atoms with van der Waals surface area (Å²) in [6.45, 7) is 4.78. The van der Waals surface area contributed by atoms with Crippen molar-refractivity contribution in [3.8, 4) is 0 Å². The van der Waals surface area contributed by atoms with Crippen molar-refractivity contribution in [3.63, 3.8) is 0 Å². The summed E-state index contributed by atoms with van der Waals surface area (Å²) in [6, 6.07) is 8.23. The van der Waals surface area contributed by atoms with E-state index in [1.54, 1.807) is 38.1 Å². The average molecular weight is 399 g/mol. The molecule has 0 aliphatic heterocycles. The predicted octanol–water partition coefficient (Wildman–Crippen LogP) is 3.79. The monoisotopic (exact) mass is 399 g/mol. The number of nitrogens with one attached hydrogen (secondary N) is 1. The maximum Gasteiger partial charge on any atom is 0.349 e. The van der Waals surface area contributed by atoms with Crippen LogP contribution in [0.1, 0.15) is 49.8 Å². The Morgan fingerprint density at radius 1 is 1.21 bits per heavy atom. The number of hydrogen-bond donors (Lipinski definition) is 1. The molecule has 0 saturated carbocycles. The molecule has 0 radical (unpaired) electrons. The number of anilines is 1. The van der Waals surface area contributed by atoms with Crippen molar-refractivity contribution in [1.29, 1.82) is 0 Å². The molecule has 2 aromatic heterocycles. The minimum Gasteiger partial charge on any atom is -0.462 e. The highest BCUT2D eigenvalue weighted by atomic mass is 32.1. The first kappa shape index (κ1) is 19.5. The third kappa shape index (κ3) is 3.59. The number of Topliss-reactive ketones (excluding diaryl/α,β-unsaturated/α-hetero) is 1. The van der Waals surface area contributed by atoms with Crippen LogP contribution in [0.4, 0.5) is 5.00 Å². The summed E-state index contributed by atoms with van der Waals surface area (Å²) in [7, 11) is 0. The Balaban J connectivity index is 2.03. The van der Waals surface area contributed by atoms with Crippen LogP contribution in [0.25, 0.3) is 11.0 Å². The highest BCUT2D eigenvalue weighted by molar-refractivity contribution is 7.18. The van der Waals surface area contributed by atoms with E-state index >= 15 is 0 Å². The third-order valence-electron chi connectivity index (χ3n) is 4.06. The number of para-hydroxylation sites is 1. The highest BCUT2D eigenvalue weighted by Gasteiger charge is 2.26. The fourth-order valence-electron chi connectivity index (χ4n) is 2.78. The average Bonchev–Trinajstić information content (AvgIpc) is 2.97.